The second kappa shape index (κ2) is 5.81. The smallest absolute Gasteiger partial charge is 0.319 e. The lowest BCUT2D eigenvalue weighted by Crippen LogP contribution is -2.16. The Balaban J connectivity index is 2.58. The molecule has 0 aromatic heterocycles. The summed E-state index contributed by atoms with van der Waals surface area (Å²) in [6, 6.07) is 8.11. The number of aryl methyl sites for hydroxylation is 1. The molecule has 0 radical (unpaired) electrons. The fourth-order valence-electron chi connectivity index (χ4n) is 1.20. The van der Waals surface area contributed by atoms with Gasteiger partial charge in [-0.15, -0.1) is 11.8 Å². The Bertz CT molecular complexity index is 336. The van der Waals surface area contributed by atoms with Crippen molar-refractivity contribution in [2.24, 2.45) is 0 Å². The minimum absolute atomic E-state index is 0.147. The molecule has 1 rings (SSSR count). The van der Waals surface area contributed by atoms with E-state index < -0.39 is 0 Å². The highest BCUT2D eigenvalue weighted by molar-refractivity contribution is 8.00. The van der Waals surface area contributed by atoms with Crippen LogP contribution in [0, 0.1) is 6.92 Å². The number of benzene rings is 1. The van der Waals surface area contributed by atoms with Gasteiger partial charge in [-0.25, -0.2) is 0 Å². The van der Waals surface area contributed by atoms with Gasteiger partial charge < -0.3 is 4.74 Å². The Kier molecular flexibility index (Phi) is 4.69. The predicted octanol–water partition coefficient (Wildman–Crippen LogP) is 3.04. The summed E-state index contributed by atoms with van der Waals surface area (Å²) in [5, 5.41) is -0.147. The van der Waals surface area contributed by atoms with Gasteiger partial charge in [0.2, 0.25) is 0 Å². The van der Waals surface area contributed by atoms with E-state index in [4.69, 9.17) is 4.74 Å². The predicted molar refractivity (Wildman–Crippen MR) is 63.1 cm³/mol. The van der Waals surface area contributed by atoms with Crippen LogP contribution in [0.1, 0.15) is 19.4 Å². The zero-order valence-electron chi connectivity index (χ0n) is 9.32. The van der Waals surface area contributed by atoms with Gasteiger partial charge in [0, 0.05) is 4.90 Å². The van der Waals surface area contributed by atoms with Gasteiger partial charge in [-0.2, -0.15) is 0 Å². The van der Waals surface area contributed by atoms with Crippen LogP contribution in [0.4, 0.5) is 0 Å². The van der Waals surface area contributed by atoms with E-state index in [-0.39, 0.29) is 11.2 Å². The van der Waals surface area contributed by atoms with E-state index in [1.807, 2.05) is 39.0 Å². The van der Waals surface area contributed by atoms with Crippen LogP contribution >= 0.6 is 11.8 Å². The second-order valence-corrected chi connectivity index (χ2v) is 4.74. The maximum Gasteiger partial charge on any atom is 0.319 e. The van der Waals surface area contributed by atoms with Crippen LogP contribution < -0.4 is 0 Å². The highest BCUT2D eigenvalue weighted by atomic mass is 32.2. The highest BCUT2D eigenvalue weighted by Crippen LogP contribution is 2.24. The Morgan fingerprint density at radius 3 is 2.87 bits per heavy atom. The first-order valence-electron chi connectivity index (χ1n) is 5.03. The molecule has 3 heteroatoms. The molecule has 0 aliphatic heterocycles. The van der Waals surface area contributed by atoms with Gasteiger partial charge in [0.1, 0.15) is 5.25 Å². The van der Waals surface area contributed by atoms with Gasteiger partial charge >= 0.3 is 5.97 Å². The van der Waals surface area contributed by atoms with Crippen molar-refractivity contribution in [3.63, 3.8) is 0 Å². The van der Waals surface area contributed by atoms with Gasteiger partial charge in [-0.05, 0) is 32.9 Å². The molecular formula is C12H16O2S. The number of carbonyl (C=O) groups excluding carboxylic acids is 1. The summed E-state index contributed by atoms with van der Waals surface area (Å²) < 4.78 is 4.95. The first-order chi connectivity index (χ1) is 7.13. The molecule has 0 N–H and O–H groups in total. The number of thioether (sulfide) groups is 1. The first-order valence-corrected chi connectivity index (χ1v) is 5.91. The van der Waals surface area contributed by atoms with E-state index in [0.717, 1.165) is 4.90 Å². The highest BCUT2D eigenvalue weighted by Gasteiger charge is 2.14. The maximum atomic E-state index is 11.4. The van der Waals surface area contributed by atoms with Crippen molar-refractivity contribution >= 4 is 17.7 Å². The van der Waals surface area contributed by atoms with E-state index in [2.05, 4.69) is 6.07 Å². The summed E-state index contributed by atoms with van der Waals surface area (Å²) in [5.74, 6) is -0.149. The van der Waals surface area contributed by atoms with Crippen LogP contribution in [0.5, 0.6) is 0 Å². The van der Waals surface area contributed by atoms with E-state index in [9.17, 15) is 4.79 Å². The van der Waals surface area contributed by atoms with Gasteiger partial charge in [0.15, 0.2) is 0 Å². The van der Waals surface area contributed by atoms with E-state index in [1.54, 1.807) is 0 Å². The van der Waals surface area contributed by atoms with Crippen molar-refractivity contribution < 1.29 is 9.53 Å². The lowest BCUT2D eigenvalue weighted by Gasteiger charge is -2.10. The summed E-state index contributed by atoms with van der Waals surface area (Å²) in [5.41, 5.74) is 1.20. The van der Waals surface area contributed by atoms with Crippen molar-refractivity contribution in [3.8, 4) is 0 Å². The molecule has 0 saturated heterocycles. The van der Waals surface area contributed by atoms with Crippen molar-refractivity contribution in [1.82, 2.24) is 0 Å². The lowest BCUT2D eigenvalue weighted by molar-refractivity contribution is -0.142. The molecular weight excluding hydrogens is 208 g/mol. The molecule has 1 atom stereocenters. The van der Waals surface area contributed by atoms with Crippen LogP contribution in [0.15, 0.2) is 29.2 Å². The molecule has 15 heavy (non-hydrogen) atoms. The van der Waals surface area contributed by atoms with Gasteiger partial charge in [0.25, 0.3) is 0 Å². The van der Waals surface area contributed by atoms with Crippen LogP contribution in [0.3, 0.4) is 0 Å². The van der Waals surface area contributed by atoms with Gasteiger partial charge in [-0.1, -0.05) is 17.7 Å². The summed E-state index contributed by atoms with van der Waals surface area (Å²) in [6.07, 6.45) is 0. The number of rotatable bonds is 4. The molecule has 0 amide bonds. The zero-order valence-corrected chi connectivity index (χ0v) is 10.1. The fourth-order valence-corrected chi connectivity index (χ4v) is 2.18. The molecule has 1 unspecified atom stereocenters. The third-order valence-corrected chi connectivity index (χ3v) is 2.99. The average Bonchev–Trinajstić information content (AvgIpc) is 2.18. The topological polar surface area (TPSA) is 26.3 Å². The molecule has 1 aromatic carbocycles. The van der Waals surface area contributed by atoms with E-state index in [1.165, 1.54) is 17.3 Å². The number of ether oxygens (including phenoxy) is 1. The van der Waals surface area contributed by atoms with Crippen LogP contribution in [-0.4, -0.2) is 17.8 Å². The number of esters is 1. The Morgan fingerprint density at radius 1 is 1.53 bits per heavy atom. The average molecular weight is 224 g/mol. The molecule has 0 heterocycles. The van der Waals surface area contributed by atoms with Crippen LogP contribution in [0.2, 0.25) is 0 Å². The Morgan fingerprint density at radius 2 is 2.27 bits per heavy atom. The van der Waals surface area contributed by atoms with E-state index in [0.29, 0.717) is 6.61 Å². The van der Waals surface area contributed by atoms with Crippen LogP contribution in [-0.2, 0) is 9.53 Å². The summed E-state index contributed by atoms with van der Waals surface area (Å²) in [7, 11) is 0. The molecule has 2 nitrogen and oxygen atoms in total. The monoisotopic (exact) mass is 224 g/mol. The van der Waals surface area contributed by atoms with Crippen molar-refractivity contribution in [2.75, 3.05) is 6.61 Å². The Labute approximate surface area is 95.0 Å². The molecule has 0 saturated carbocycles. The number of carbonyl (C=O) groups is 1. The molecule has 1 aromatic rings. The summed E-state index contributed by atoms with van der Waals surface area (Å²) in [4.78, 5) is 12.5. The van der Waals surface area contributed by atoms with Crippen molar-refractivity contribution in [3.05, 3.63) is 29.8 Å². The van der Waals surface area contributed by atoms with E-state index >= 15 is 0 Å². The molecule has 0 fully saturated rings. The SMILES string of the molecule is CCOC(=O)C(C)Sc1cccc(C)c1. The van der Waals surface area contributed by atoms with Gasteiger partial charge in [-0.3, -0.25) is 4.79 Å². The first kappa shape index (κ1) is 12.1. The molecule has 0 spiro atoms. The zero-order chi connectivity index (χ0) is 11.3. The molecule has 0 aliphatic rings. The summed E-state index contributed by atoms with van der Waals surface area (Å²) in [6.45, 7) is 6.17. The number of hydrogen-bond acceptors (Lipinski definition) is 3. The second-order valence-electron chi connectivity index (χ2n) is 3.33. The van der Waals surface area contributed by atoms with Gasteiger partial charge in [0.05, 0.1) is 6.61 Å². The fraction of sp³-hybridized carbons (Fsp3) is 0.417. The minimum atomic E-state index is -0.149. The minimum Gasteiger partial charge on any atom is -0.465 e. The standard InChI is InChI=1S/C12H16O2S/c1-4-14-12(13)10(3)15-11-7-5-6-9(2)8-11/h5-8,10H,4H2,1-3H3. The van der Waals surface area contributed by atoms with Crippen LogP contribution in [0.25, 0.3) is 0 Å². The molecule has 0 bridgehead atoms. The third-order valence-electron chi connectivity index (χ3n) is 1.92. The quantitative estimate of drug-likeness (QED) is 0.581. The normalized spacial score (nSPS) is 12.2. The Hall–Kier alpha value is -0.960. The lowest BCUT2D eigenvalue weighted by atomic mass is 10.2. The third kappa shape index (κ3) is 3.96. The van der Waals surface area contributed by atoms with Crippen molar-refractivity contribution in [1.29, 1.82) is 0 Å². The largest absolute Gasteiger partial charge is 0.465 e. The number of hydrogen-bond donors (Lipinski definition) is 0. The molecule has 82 valence electrons. The molecule has 0 aliphatic carbocycles. The maximum absolute atomic E-state index is 11.4. The van der Waals surface area contributed by atoms with Crippen molar-refractivity contribution in [2.45, 2.75) is 30.9 Å². The summed E-state index contributed by atoms with van der Waals surface area (Å²) >= 11 is 1.53.